The predicted octanol–water partition coefficient (Wildman–Crippen LogP) is 3.48. The Morgan fingerprint density at radius 1 is 1.36 bits per heavy atom. The molecule has 0 heterocycles. The molecule has 0 aromatic heterocycles. The third-order valence-electron chi connectivity index (χ3n) is 2.31. The molecule has 0 saturated heterocycles. The number of hydrogen-bond donors (Lipinski definition) is 0. The summed E-state index contributed by atoms with van der Waals surface area (Å²) >= 11 is 0. The van der Waals surface area contributed by atoms with Crippen LogP contribution < -0.4 is 0 Å². The van der Waals surface area contributed by atoms with Gasteiger partial charge in [0.15, 0.2) is 0 Å². The highest BCUT2D eigenvalue weighted by molar-refractivity contribution is 5.26. The van der Waals surface area contributed by atoms with Gasteiger partial charge in [-0.2, -0.15) is 0 Å². The van der Waals surface area contributed by atoms with Crippen LogP contribution in [0.1, 0.15) is 26.2 Å². The van der Waals surface area contributed by atoms with Crippen LogP contribution in [0.2, 0.25) is 0 Å². The van der Waals surface area contributed by atoms with Crippen molar-refractivity contribution in [2.24, 2.45) is 5.92 Å². The molecule has 1 aliphatic carbocycles. The summed E-state index contributed by atoms with van der Waals surface area (Å²) in [6.07, 6.45) is 8.12. The summed E-state index contributed by atoms with van der Waals surface area (Å²) in [5, 5.41) is 0. The summed E-state index contributed by atoms with van der Waals surface area (Å²) in [6, 6.07) is 0. The van der Waals surface area contributed by atoms with Gasteiger partial charge < -0.3 is 0 Å². The maximum atomic E-state index is 4.04. The Bertz CT molecular complexity index is 196. The van der Waals surface area contributed by atoms with Gasteiger partial charge in [0.2, 0.25) is 0 Å². The average molecular weight is 148 g/mol. The van der Waals surface area contributed by atoms with E-state index < -0.39 is 0 Å². The van der Waals surface area contributed by atoms with Crippen LogP contribution in [-0.2, 0) is 0 Å². The van der Waals surface area contributed by atoms with Crippen LogP contribution in [0.3, 0.4) is 0 Å². The minimum atomic E-state index is 0.664. The molecule has 1 unspecified atom stereocenters. The fourth-order valence-electron chi connectivity index (χ4n) is 1.46. The van der Waals surface area contributed by atoms with Crippen LogP contribution in [0, 0.1) is 5.92 Å². The molecule has 0 fully saturated rings. The Balaban J connectivity index is 2.54. The highest BCUT2D eigenvalue weighted by Crippen LogP contribution is 2.27. The highest BCUT2D eigenvalue weighted by atomic mass is 14.2. The van der Waals surface area contributed by atoms with E-state index in [-0.39, 0.29) is 0 Å². The van der Waals surface area contributed by atoms with Crippen molar-refractivity contribution in [3.63, 3.8) is 0 Å². The van der Waals surface area contributed by atoms with Gasteiger partial charge in [-0.25, -0.2) is 0 Å². The summed E-state index contributed by atoms with van der Waals surface area (Å²) in [5.74, 6) is 0.664. The second kappa shape index (κ2) is 3.56. The van der Waals surface area contributed by atoms with Crippen molar-refractivity contribution < 1.29 is 0 Å². The average Bonchev–Trinajstić information content (AvgIpc) is 2.05. The lowest BCUT2D eigenvalue weighted by Gasteiger charge is -2.20. The molecule has 0 aromatic rings. The fraction of sp³-hybridized carbons (Fsp3) is 0.455. The molecule has 0 N–H and O–H groups in total. The van der Waals surface area contributed by atoms with Gasteiger partial charge in [0.25, 0.3) is 0 Å². The van der Waals surface area contributed by atoms with Crippen LogP contribution in [0.25, 0.3) is 0 Å². The van der Waals surface area contributed by atoms with Crippen LogP contribution in [0.5, 0.6) is 0 Å². The number of hydrogen-bond acceptors (Lipinski definition) is 0. The first-order valence-corrected chi connectivity index (χ1v) is 4.21. The first-order chi connectivity index (χ1) is 5.22. The van der Waals surface area contributed by atoms with E-state index in [1.54, 1.807) is 0 Å². The summed E-state index contributed by atoms with van der Waals surface area (Å²) < 4.78 is 0. The van der Waals surface area contributed by atoms with E-state index in [0.29, 0.717) is 5.92 Å². The van der Waals surface area contributed by atoms with Crippen molar-refractivity contribution in [2.75, 3.05) is 0 Å². The largest absolute Gasteiger partial charge is 0.0958 e. The zero-order chi connectivity index (χ0) is 8.27. The molecule has 1 rings (SSSR count). The van der Waals surface area contributed by atoms with Crippen molar-refractivity contribution in [3.8, 4) is 0 Å². The quantitative estimate of drug-likeness (QED) is 0.415. The van der Waals surface area contributed by atoms with Crippen molar-refractivity contribution >= 4 is 0 Å². The van der Waals surface area contributed by atoms with Crippen molar-refractivity contribution in [3.05, 3.63) is 36.5 Å². The Labute approximate surface area is 69.3 Å². The zero-order valence-corrected chi connectivity index (χ0v) is 7.27. The minimum absolute atomic E-state index is 0.664. The third kappa shape index (κ3) is 2.07. The maximum Gasteiger partial charge on any atom is -0.0128 e. The third-order valence-corrected chi connectivity index (χ3v) is 2.31. The Morgan fingerprint density at radius 3 is 2.55 bits per heavy atom. The van der Waals surface area contributed by atoms with E-state index in [2.05, 4.69) is 25.3 Å². The van der Waals surface area contributed by atoms with Gasteiger partial charge >= 0.3 is 0 Å². The van der Waals surface area contributed by atoms with Crippen LogP contribution in [0.4, 0.5) is 0 Å². The van der Waals surface area contributed by atoms with E-state index in [1.165, 1.54) is 18.4 Å². The maximum absolute atomic E-state index is 4.04. The number of rotatable bonds is 2. The SMILES string of the molecule is C=C(C)C(=C)C1CC=CCC1. The van der Waals surface area contributed by atoms with Crippen molar-refractivity contribution in [2.45, 2.75) is 26.2 Å². The molecule has 0 aliphatic heterocycles. The molecule has 11 heavy (non-hydrogen) atoms. The summed E-state index contributed by atoms with van der Waals surface area (Å²) in [4.78, 5) is 0. The lowest BCUT2D eigenvalue weighted by molar-refractivity contribution is 0.560. The standard InChI is InChI=1S/C11H16/c1-9(2)10(3)11-7-5-4-6-8-11/h4-5,11H,1,3,6-8H2,2H3. The van der Waals surface area contributed by atoms with Crippen LogP contribution in [0.15, 0.2) is 36.5 Å². The molecule has 0 nitrogen and oxygen atoms in total. The molecular weight excluding hydrogens is 132 g/mol. The molecule has 0 radical (unpaired) electrons. The normalized spacial score (nSPS) is 23.2. The van der Waals surface area contributed by atoms with Crippen molar-refractivity contribution in [1.82, 2.24) is 0 Å². The molecule has 60 valence electrons. The Morgan fingerprint density at radius 2 is 2.09 bits per heavy atom. The molecule has 1 aliphatic rings. The molecule has 0 saturated carbocycles. The molecular formula is C11H16. The highest BCUT2D eigenvalue weighted by Gasteiger charge is 2.12. The van der Waals surface area contributed by atoms with Gasteiger partial charge in [0, 0.05) is 0 Å². The summed E-state index contributed by atoms with van der Waals surface area (Å²) in [7, 11) is 0. The van der Waals surface area contributed by atoms with Crippen LogP contribution in [-0.4, -0.2) is 0 Å². The van der Waals surface area contributed by atoms with Gasteiger partial charge in [-0.1, -0.05) is 30.9 Å². The van der Waals surface area contributed by atoms with Gasteiger partial charge in [-0.3, -0.25) is 0 Å². The number of allylic oxidation sites excluding steroid dienone is 4. The molecule has 0 amide bonds. The van der Waals surface area contributed by atoms with E-state index >= 15 is 0 Å². The second-order valence-corrected chi connectivity index (χ2v) is 3.29. The first kappa shape index (κ1) is 8.32. The van der Waals surface area contributed by atoms with Gasteiger partial charge in [0.05, 0.1) is 0 Å². The first-order valence-electron chi connectivity index (χ1n) is 4.21. The molecule has 0 heteroatoms. The second-order valence-electron chi connectivity index (χ2n) is 3.29. The van der Waals surface area contributed by atoms with Crippen molar-refractivity contribution in [1.29, 1.82) is 0 Å². The summed E-state index contributed by atoms with van der Waals surface area (Å²) in [6.45, 7) is 9.99. The smallest absolute Gasteiger partial charge is 0.0128 e. The fourth-order valence-corrected chi connectivity index (χ4v) is 1.46. The zero-order valence-electron chi connectivity index (χ0n) is 7.27. The predicted molar refractivity (Wildman–Crippen MR) is 50.4 cm³/mol. The molecule has 1 atom stereocenters. The summed E-state index contributed by atoms with van der Waals surface area (Å²) in [5.41, 5.74) is 2.39. The molecule has 0 spiro atoms. The Kier molecular flexibility index (Phi) is 2.70. The van der Waals surface area contributed by atoms with Gasteiger partial charge in [-0.15, -0.1) is 0 Å². The van der Waals surface area contributed by atoms with Crippen LogP contribution >= 0.6 is 0 Å². The lowest BCUT2D eigenvalue weighted by atomic mass is 9.85. The van der Waals surface area contributed by atoms with E-state index in [0.717, 1.165) is 12.0 Å². The molecule has 0 bridgehead atoms. The van der Waals surface area contributed by atoms with Gasteiger partial charge in [0.1, 0.15) is 0 Å². The lowest BCUT2D eigenvalue weighted by Crippen LogP contribution is -2.05. The topological polar surface area (TPSA) is 0 Å². The van der Waals surface area contributed by atoms with E-state index in [9.17, 15) is 0 Å². The molecule has 0 aromatic carbocycles. The van der Waals surface area contributed by atoms with Gasteiger partial charge in [-0.05, 0) is 37.7 Å². The Hall–Kier alpha value is -0.780. The van der Waals surface area contributed by atoms with E-state index in [4.69, 9.17) is 0 Å². The van der Waals surface area contributed by atoms with E-state index in [1.807, 2.05) is 6.92 Å². The minimum Gasteiger partial charge on any atom is -0.0958 e. The monoisotopic (exact) mass is 148 g/mol.